The van der Waals surface area contributed by atoms with E-state index in [1.807, 2.05) is 0 Å². The van der Waals surface area contributed by atoms with Crippen LogP contribution in [0.25, 0.3) is 0 Å². The molecule has 0 aliphatic heterocycles. The first-order valence-corrected chi connectivity index (χ1v) is 3.85. The Balaban J connectivity index is 3.50. The summed E-state index contributed by atoms with van der Waals surface area (Å²) < 4.78 is 4.42. The van der Waals surface area contributed by atoms with E-state index in [9.17, 15) is 9.59 Å². The third kappa shape index (κ3) is 5.70. The first-order valence-electron chi connectivity index (χ1n) is 3.85. The number of hydrogen-bond donors (Lipinski definition) is 1. The SMILES string of the molecule is COC(=O)CCC(C)CC(=O)O. The highest BCUT2D eigenvalue weighted by Crippen LogP contribution is 2.10. The van der Waals surface area contributed by atoms with Gasteiger partial charge in [-0.2, -0.15) is 0 Å². The molecule has 1 N–H and O–H groups in total. The Labute approximate surface area is 71.5 Å². The molecule has 0 fully saturated rings. The number of rotatable bonds is 5. The fourth-order valence-electron chi connectivity index (χ4n) is 0.866. The van der Waals surface area contributed by atoms with Gasteiger partial charge in [-0.25, -0.2) is 0 Å². The Morgan fingerprint density at radius 1 is 1.50 bits per heavy atom. The van der Waals surface area contributed by atoms with Crippen molar-refractivity contribution in [2.45, 2.75) is 26.2 Å². The maximum absolute atomic E-state index is 10.6. The second-order valence-corrected chi connectivity index (χ2v) is 2.82. The number of esters is 1. The number of carboxylic acid groups (broad SMARTS) is 1. The summed E-state index contributed by atoms with van der Waals surface area (Å²) >= 11 is 0. The third-order valence-electron chi connectivity index (χ3n) is 1.59. The molecule has 0 amide bonds. The molecule has 0 spiro atoms. The molecule has 4 heteroatoms. The van der Waals surface area contributed by atoms with Gasteiger partial charge in [-0.1, -0.05) is 6.92 Å². The first-order chi connectivity index (χ1) is 5.56. The van der Waals surface area contributed by atoms with E-state index in [1.165, 1.54) is 7.11 Å². The number of ether oxygens (including phenoxy) is 1. The normalized spacial score (nSPS) is 12.2. The standard InChI is InChI=1S/C8H14O4/c1-6(5-7(9)10)3-4-8(11)12-2/h6H,3-5H2,1-2H3,(H,9,10). The maximum Gasteiger partial charge on any atom is 0.305 e. The number of methoxy groups -OCH3 is 1. The van der Waals surface area contributed by atoms with E-state index in [4.69, 9.17) is 5.11 Å². The zero-order valence-corrected chi connectivity index (χ0v) is 7.37. The molecule has 0 aliphatic rings. The lowest BCUT2D eigenvalue weighted by Gasteiger charge is -2.06. The molecule has 0 bridgehead atoms. The third-order valence-corrected chi connectivity index (χ3v) is 1.59. The minimum absolute atomic E-state index is 0.0293. The predicted octanol–water partition coefficient (Wildman–Crippen LogP) is 1.05. The molecule has 0 rings (SSSR count). The molecule has 0 saturated heterocycles. The molecular weight excluding hydrogens is 160 g/mol. The smallest absolute Gasteiger partial charge is 0.305 e. The van der Waals surface area contributed by atoms with Gasteiger partial charge < -0.3 is 9.84 Å². The number of carbonyl (C=O) groups is 2. The van der Waals surface area contributed by atoms with Crippen LogP contribution < -0.4 is 0 Å². The summed E-state index contributed by atoms with van der Waals surface area (Å²) in [5.74, 6) is -1.08. The van der Waals surface area contributed by atoms with Crippen LogP contribution in [0.5, 0.6) is 0 Å². The molecule has 12 heavy (non-hydrogen) atoms. The number of hydrogen-bond acceptors (Lipinski definition) is 3. The van der Waals surface area contributed by atoms with Crippen LogP contribution in [-0.4, -0.2) is 24.2 Å². The largest absolute Gasteiger partial charge is 0.481 e. The van der Waals surface area contributed by atoms with Crippen LogP contribution in [0, 0.1) is 5.92 Å². The van der Waals surface area contributed by atoms with Gasteiger partial charge in [-0.3, -0.25) is 9.59 Å². The van der Waals surface area contributed by atoms with Crippen LogP contribution >= 0.6 is 0 Å². The molecule has 1 unspecified atom stereocenters. The van der Waals surface area contributed by atoms with E-state index in [0.717, 1.165) is 0 Å². The van der Waals surface area contributed by atoms with E-state index in [-0.39, 0.29) is 18.3 Å². The first kappa shape index (κ1) is 10.9. The van der Waals surface area contributed by atoms with Gasteiger partial charge in [-0.05, 0) is 12.3 Å². The van der Waals surface area contributed by atoms with Crippen LogP contribution in [0.3, 0.4) is 0 Å². The number of carboxylic acids is 1. The average Bonchev–Trinajstić information content (AvgIpc) is 1.99. The summed E-state index contributed by atoms with van der Waals surface area (Å²) in [6, 6.07) is 0. The molecular formula is C8H14O4. The van der Waals surface area contributed by atoms with E-state index in [0.29, 0.717) is 12.8 Å². The van der Waals surface area contributed by atoms with Gasteiger partial charge in [0.25, 0.3) is 0 Å². The van der Waals surface area contributed by atoms with Crippen molar-refractivity contribution in [3.63, 3.8) is 0 Å². The lowest BCUT2D eigenvalue weighted by molar-refractivity contribution is -0.142. The quantitative estimate of drug-likeness (QED) is 0.633. The van der Waals surface area contributed by atoms with E-state index < -0.39 is 5.97 Å². The minimum Gasteiger partial charge on any atom is -0.481 e. The summed E-state index contributed by atoms with van der Waals surface area (Å²) in [4.78, 5) is 20.8. The fraction of sp³-hybridized carbons (Fsp3) is 0.750. The van der Waals surface area contributed by atoms with Gasteiger partial charge in [0.1, 0.15) is 0 Å². The molecule has 0 saturated carbocycles. The predicted molar refractivity (Wildman–Crippen MR) is 42.7 cm³/mol. The van der Waals surface area contributed by atoms with Crippen LogP contribution in [0.2, 0.25) is 0 Å². The molecule has 0 aromatic heterocycles. The maximum atomic E-state index is 10.6. The highest BCUT2D eigenvalue weighted by atomic mass is 16.5. The fourth-order valence-corrected chi connectivity index (χ4v) is 0.866. The zero-order chi connectivity index (χ0) is 9.56. The summed E-state index contributed by atoms with van der Waals surface area (Å²) in [6.45, 7) is 1.80. The van der Waals surface area contributed by atoms with Crippen molar-refractivity contribution in [2.75, 3.05) is 7.11 Å². The second-order valence-electron chi connectivity index (χ2n) is 2.82. The van der Waals surface area contributed by atoms with Gasteiger partial charge in [0.15, 0.2) is 0 Å². The molecule has 4 nitrogen and oxygen atoms in total. The van der Waals surface area contributed by atoms with E-state index in [1.54, 1.807) is 6.92 Å². The van der Waals surface area contributed by atoms with Crippen LogP contribution in [0.1, 0.15) is 26.2 Å². The molecule has 70 valence electrons. The molecule has 0 heterocycles. The summed E-state index contributed by atoms with van der Waals surface area (Å²) in [7, 11) is 1.32. The monoisotopic (exact) mass is 174 g/mol. The van der Waals surface area contributed by atoms with E-state index >= 15 is 0 Å². The van der Waals surface area contributed by atoms with Crippen molar-refractivity contribution in [3.05, 3.63) is 0 Å². The summed E-state index contributed by atoms with van der Waals surface area (Å²) in [5.41, 5.74) is 0. The van der Waals surface area contributed by atoms with Gasteiger partial charge >= 0.3 is 11.9 Å². The van der Waals surface area contributed by atoms with Crippen molar-refractivity contribution < 1.29 is 19.4 Å². The second kappa shape index (κ2) is 5.57. The van der Waals surface area contributed by atoms with Gasteiger partial charge in [0.2, 0.25) is 0 Å². The topological polar surface area (TPSA) is 63.6 Å². The van der Waals surface area contributed by atoms with Crippen LogP contribution in [0.15, 0.2) is 0 Å². The van der Waals surface area contributed by atoms with Crippen molar-refractivity contribution in [2.24, 2.45) is 5.92 Å². The van der Waals surface area contributed by atoms with Crippen molar-refractivity contribution in [1.29, 1.82) is 0 Å². The average molecular weight is 174 g/mol. The van der Waals surface area contributed by atoms with Gasteiger partial charge in [-0.15, -0.1) is 0 Å². The van der Waals surface area contributed by atoms with Crippen LogP contribution in [-0.2, 0) is 14.3 Å². The molecule has 0 aromatic carbocycles. The van der Waals surface area contributed by atoms with Crippen LogP contribution in [0.4, 0.5) is 0 Å². The van der Waals surface area contributed by atoms with Crippen molar-refractivity contribution in [3.8, 4) is 0 Å². The highest BCUT2D eigenvalue weighted by Gasteiger charge is 2.09. The van der Waals surface area contributed by atoms with Gasteiger partial charge in [0, 0.05) is 12.8 Å². The summed E-state index contributed by atoms with van der Waals surface area (Å²) in [6.07, 6.45) is 0.973. The Morgan fingerprint density at radius 3 is 2.50 bits per heavy atom. The Kier molecular flexibility index (Phi) is 5.08. The lowest BCUT2D eigenvalue weighted by Crippen LogP contribution is -2.07. The number of carbonyl (C=O) groups excluding carboxylic acids is 1. The van der Waals surface area contributed by atoms with Gasteiger partial charge in [0.05, 0.1) is 7.11 Å². The summed E-state index contributed by atoms with van der Waals surface area (Å²) in [5, 5.41) is 8.39. The van der Waals surface area contributed by atoms with Crippen molar-refractivity contribution >= 4 is 11.9 Å². The zero-order valence-electron chi connectivity index (χ0n) is 7.37. The van der Waals surface area contributed by atoms with Crippen molar-refractivity contribution in [1.82, 2.24) is 0 Å². The Morgan fingerprint density at radius 2 is 2.08 bits per heavy atom. The van der Waals surface area contributed by atoms with E-state index in [2.05, 4.69) is 4.74 Å². The Hall–Kier alpha value is -1.06. The molecule has 0 radical (unpaired) electrons. The molecule has 1 atom stereocenters. The molecule has 0 aromatic rings. The number of aliphatic carboxylic acids is 1. The lowest BCUT2D eigenvalue weighted by atomic mass is 10.0. The minimum atomic E-state index is -0.827. The Bertz CT molecular complexity index is 164. The molecule has 0 aliphatic carbocycles. The highest BCUT2D eigenvalue weighted by molar-refractivity contribution is 5.69.